The molecule has 27 heavy (non-hydrogen) atoms. The van der Waals surface area contributed by atoms with Gasteiger partial charge in [-0.3, -0.25) is 0 Å². The summed E-state index contributed by atoms with van der Waals surface area (Å²) < 4.78 is 16.3. The number of epoxide rings is 2. The fourth-order valence-corrected chi connectivity index (χ4v) is 6.68. The lowest BCUT2D eigenvalue weighted by Crippen LogP contribution is -2.37. The van der Waals surface area contributed by atoms with E-state index in [9.17, 15) is 0 Å². The van der Waals surface area contributed by atoms with Crippen LogP contribution in [0.4, 0.5) is 0 Å². The molecule has 2 aliphatic rings. The van der Waals surface area contributed by atoms with E-state index in [2.05, 4.69) is 88.0 Å². The standard InChI is InChI=1S/C20H18Br4O3/c21-19(22,17-15(25-17)11-13-7-3-1-4-8-13)27-20(23,24)18-16(26-18)12-14-9-5-2-6-10-14/h1-10,15-18H,11-12H2. The maximum absolute atomic E-state index is 6.23. The minimum Gasteiger partial charge on any atom is -0.364 e. The highest BCUT2D eigenvalue weighted by molar-refractivity contribution is 9.26. The van der Waals surface area contributed by atoms with Crippen molar-refractivity contribution in [3.8, 4) is 0 Å². The van der Waals surface area contributed by atoms with Gasteiger partial charge in [-0.15, -0.1) is 0 Å². The van der Waals surface area contributed by atoms with Crippen molar-refractivity contribution < 1.29 is 14.2 Å². The summed E-state index contributed by atoms with van der Waals surface area (Å²) in [4.78, 5) is 0. The molecule has 7 heteroatoms. The van der Waals surface area contributed by atoms with Gasteiger partial charge in [-0.05, 0) is 74.8 Å². The van der Waals surface area contributed by atoms with E-state index in [1.54, 1.807) is 0 Å². The SMILES string of the molecule is BrC(Br)(OC(Br)(Br)C1OC1Cc1ccccc1)C1OC1Cc1ccccc1. The maximum Gasteiger partial charge on any atom is 0.209 e. The van der Waals surface area contributed by atoms with Crippen LogP contribution in [0.25, 0.3) is 0 Å². The van der Waals surface area contributed by atoms with Crippen LogP contribution in [0.2, 0.25) is 0 Å². The lowest BCUT2D eigenvalue weighted by Gasteiger charge is -2.28. The molecule has 0 saturated carbocycles. The molecule has 0 spiro atoms. The van der Waals surface area contributed by atoms with E-state index in [0.29, 0.717) is 0 Å². The third-order valence-electron chi connectivity index (χ3n) is 4.66. The van der Waals surface area contributed by atoms with Crippen molar-refractivity contribution in [1.82, 2.24) is 0 Å². The van der Waals surface area contributed by atoms with E-state index < -0.39 is 6.84 Å². The van der Waals surface area contributed by atoms with Crippen molar-refractivity contribution in [2.24, 2.45) is 0 Å². The molecule has 0 N–H and O–H groups in total. The van der Waals surface area contributed by atoms with E-state index in [4.69, 9.17) is 14.2 Å². The fourth-order valence-electron chi connectivity index (χ4n) is 3.18. The molecular formula is C20H18Br4O3. The van der Waals surface area contributed by atoms with Crippen molar-refractivity contribution in [3.63, 3.8) is 0 Å². The molecule has 0 aliphatic carbocycles. The number of hydrogen-bond donors (Lipinski definition) is 0. The van der Waals surface area contributed by atoms with Gasteiger partial charge in [-0.2, -0.15) is 0 Å². The molecule has 4 unspecified atom stereocenters. The summed E-state index contributed by atoms with van der Waals surface area (Å²) in [6, 6.07) is 20.6. The summed E-state index contributed by atoms with van der Waals surface area (Å²) in [5.41, 5.74) is 2.50. The van der Waals surface area contributed by atoms with Gasteiger partial charge in [-0.25, -0.2) is 0 Å². The van der Waals surface area contributed by atoms with Crippen molar-refractivity contribution in [2.75, 3.05) is 0 Å². The summed E-state index contributed by atoms with van der Waals surface area (Å²) in [5, 5.41) is 0. The fraction of sp³-hybridized carbons (Fsp3) is 0.400. The van der Waals surface area contributed by atoms with Crippen LogP contribution in [0, 0.1) is 0 Å². The molecule has 0 bridgehead atoms. The molecule has 2 fully saturated rings. The molecule has 0 radical (unpaired) electrons. The highest BCUT2D eigenvalue weighted by Gasteiger charge is 2.61. The minimum atomic E-state index is -0.810. The van der Waals surface area contributed by atoms with Gasteiger partial charge in [0, 0.05) is 12.8 Å². The van der Waals surface area contributed by atoms with Gasteiger partial charge in [-0.1, -0.05) is 60.7 Å². The zero-order valence-electron chi connectivity index (χ0n) is 14.2. The highest BCUT2D eigenvalue weighted by atomic mass is 79.9. The quantitative estimate of drug-likeness (QED) is 0.270. The van der Waals surface area contributed by atoms with Crippen molar-refractivity contribution in [2.45, 2.75) is 44.1 Å². The third kappa shape index (κ3) is 5.24. The zero-order chi connectivity index (χ0) is 19.1. The van der Waals surface area contributed by atoms with Crippen LogP contribution in [0.15, 0.2) is 60.7 Å². The molecule has 2 heterocycles. The smallest absolute Gasteiger partial charge is 0.209 e. The van der Waals surface area contributed by atoms with E-state index in [1.165, 1.54) is 11.1 Å². The Morgan fingerprint density at radius 1 is 0.667 bits per heavy atom. The van der Waals surface area contributed by atoms with E-state index >= 15 is 0 Å². The largest absolute Gasteiger partial charge is 0.364 e. The van der Waals surface area contributed by atoms with E-state index in [-0.39, 0.29) is 24.4 Å². The summed E-state index contributed by atoms with van der Waals surface area (Å²) in [6.07, 6.45) is 1.70. The molecular weight excluding hydrogens is 608 g/mol. The lowest BCUT2D eigenvalue weighted by atomic mass is 10.1. The molecule has 4 atom stereocenters. The predicted molar refractivity (Wildman–Crippen MR) is 120 cm³/mol. The summed E-state index contributed by atoms with van der Waals surface area (Å²) in [6.45, 7) is 0. The second-order valence-corrected chi connectivity index (χ2v) is 13.6. The highest BCUT2D eigenvalue weighted by Crippen LogP contribution is 2.54. The van der Waals surface area contributed by atoms with Crippen LogP contribution in [-0.2, 0) is 27.1 Å². The molecule has 2 aromatic carbocycles. The van der Waals surface area contributed by atoms with E-state index in [1.807, 2.05) is 36.4 Å². The Morgan fingerprint density at radius 3 is 1.41 bits per heavy atom. The normalized spacial score (nSPS) is 27.4. The average molecular weight is 626 g/mol. The molecule has 0 amide bonds. The Kier molecular flexibility index (Phi) is 6.20. The predicted octanol–water partition coefficient (Wildman–Crippen LogP) is 5.91. The van der Waals surface area contributed by atoms with Gasteiger partial charge in [0.2, 0.25) is 6.84 Å². The molecule has 3 nitrogen and oxygen atoms in total. The Balaban J connectivity index is 1.31. The molecule has 144 valence electrons. The summed E-state index contributed by atoms with van der Waals surface area (Å²) >= 11 is 14.5. The first-order chi connectivity index (χ1) is 12.9. The number of alkyl halides is 4. The maximum atomic E-state index is 6.23. The summed E-state index contributed by atoms with van der Waals surface area (Å²) in [5.74, 6) is 0. The van der Waals surface area contributed by atoms with Crippen molar-refractivity contribution >= 4 is 63.7 Å². The third-order valence-corrected chi connectivity index (χ3v) is 7.11. The van der Waals surface area contributed by atoms with Gasteiger partial charge in [0.1, 0.15) is 12.2 Å². The molecule has 0 aromatic heterocycles. The Morgan fingerprint density at radius 2 is 1.04 bits per heavy atom. The lowest BCUT2D eigenvalue weighted by molar-refractivity contribution is 0.0335. The Labute approximate surface area is 192 Å². The summed E-state index contributed by atoms with van der Waals surface area (Å²) in [7, 11) is 0. The van der Waals surface area contributed by atoms with Crippen LogP contribution in [0.1, 0.15) is 11.1 Å². The van der Waals surface area contributed by atoms with Crippen LogP contribution in [0.5, 0.6) is 0 Å². The first-order valence-electron chi connectivity index (χ1n) is 8.70. The van der Waals surface area contributed by atoms with Crippen molar-refractivity contribution in [1.29, 1.82) is 0 Å². The monoisotopic (exact) mass is 622 g/mol. The Bertz CT molecular complexity index is 704. The number of rotatable bonds is 8. The van der Waals surface area contributed by atoms with Crippen LogP contribution >= 0.6 is 63.7 Å². The van der Waals surface area contributed by atoms with Gasteiger partial charge in [0.05, 0.1) is 12.2 Å². The number of halogens is 4. The van der Waals surface area contributed by atoms with Crippen LogP contribution in [0.3, 0.4) is 0 Å². The van der Waals surface area contributed by atoms with Gasteiger partial charge in [0.15, 0.2) is 0 Å². The topological polar surface area (TPSA) is 34.3 Å². The van der Waals surface area contributed by atoms with E-state index in [0.717, 1.165) is 12.8 Å². The zero-order valence-corrected chi connectivity index (χ0v) is 20.6. The first-order valence-corrected chi connectivity index (χ1v) is 11.9. The molecule has 4 rings (SSSR count). The molecule has 2 aromatic rings. The number of benzene rings is 2. The van der Waals surface area contributed by atoms with Crippen LogP contribution < -0.4 is 0 Å². The second-order valence-electron chi connectivity index (χ2n) is 6.80. The number of hydrogen-bond acceptors (Lipinski definition) is 3. The molecule has 2 aliphatic heterocycles. The van der Waals surface area contributed by atoms with Gasteiger partial charge in [0.25, 0.3) is 0 Å². The minimum absolute atomic E-state index is 0.0986. The average Bonchev–Trinajstić information content (AvgIpc) is 3.52. The van der Waals surface area contributed by atoms with Gasteiger partial charge >= 0.3 is 0 Å². The van der Waals surface area contributed by atoms with Gasteiger partial charge < -0.3 is 14.2 Å². The van der Waals surface area contributed by atoms with Crippen molar-refractivity contribution in [3.05, 3.63) is 71.8 Å². The molecule has 2 saturated heterocycles. The first kappa shape index (κ1) is 20.5. The van der Waals surface area contributed by atoms with Crippen LogP contribution in [-0.4, -0.2) is 31.3 Å². The number of ether oxygens (including phenoxy) is 3. The Hall–Kier alpha value is 0.240. The second kappa shape index (κ2) is 8.17.